The van der Waals surface area contributed by atoms with Crippen LogP contribution >= 0.6 is 0 Å². The maximum Gasteiger partial charge on any atom is 0.237 e. The predicted molar refractivity (Wildman–Crippen MR) is 90.1 cm³/mol. The number of aliphatic hydroxyl groups excluding tert-OH is 1. The van der Waals surface area contributed by atoms with Gasteiger partial charge >= 0.3 is 0 Å². The van der Waals surface area contributed by atoms with Crippen LogP contribution in [0.25, 0.3) is 0 Å². The summed E-state index contributed by atoms with van der Waals surface area (Å²) >= 11 is 0. The minimum atomic E-state index is -0.193. The average Bonchev–Trinajstić information content (AvgIpc) is 2.57. The third-order valence-electron chi connectivity index (χ3n) is 5.00. The van der Waals surface area contributed by atoms with Gasteiger partial charge in [-0.2, -0.15) is 0 Å². The second-order valence-electron chi connectivity index (χ2n) is 6.78. The number of rotatable bonds is 3. The van der Waals surface area contributed by atoms with E-state index >= 15 is 0 Å². The standard InChI is InChI=1S/C18H27N3O2/c1-19-11-12-21(17(13-19)15-5-3-2-4-6-15)18(23)14-20-9-7-16(22)8-10-20/h2-6,16-17,22H,7-14H2,1H3/t17-/m1/s1. The summed E-state index contributed by atoms with van der Waals surface area (Å²) in [4.78, 5) is 19.3. The Balaban J connectivity index is 1.67. The number of piperazine rings is 1. The number of piperidine rings is 1. The van der Waals surface area contributed by atoms with Gasteiger partial charge in [-0.05, 0) is 25.5 Å². The largest absolute Gasteiger partial charge is 0.393 e. The monoisotopic (exact) mass is 317 g/mol. The molecule has 1 aromatic carbocycles. The number of carbonyl (C=O) groups is 1. The topological polar surface area (TPSA) is 47.0 Å². The maximum atomic E-state index is 12.8. The summed E-state index contributed by atoms with van der Waals surface area (Å²) in [6.45, 7) is 4.70. The molecular formula is C18H27N3O2. The molecule has 0 aromatic heterocycles. The number of aliphatic hydroxyl groups is 1. The first-order valence-electron chi connectivity index (χ1n) is 8.57. The molecule has 2 heterocycles. The van der Waals surface area contributed by atoms with Crippen LogP contribution in [-0.4, -0.2) is 78.1 Å². The molecule has 2 fully saturated rings. The van der Waals surface area contributed by atoms with Crippen molar-refractivity contribution in [2.24, 2.45) is 0 Å². The van der Waals surface area contributed by atoms with Gasteiger partial charge < -0.3 is 14.9 Å². The second kappa shape index (κ2) is 7.43. The minimum Gasteiger partial charge on any atom is -0.393 e. The lowest BCUT2D eigenvalue weighted by Crippen LogP contribution is -2.52. The maximum absolute atomic E-state index is 12.8. The number of hydrogen-bond donors (Lipinski definition) is 1. The molecule has 0 bridgehead atoms. The highest BCUT2D eigenvalue weighted by Gasteiger charge is 2.31. The zero-order chi connectivity index (χ0) is 16.2. The zero-order valence-electron chi connectivity index (χ0n) is 13.9. The van der Waals surface area contributed by atoms with Gasteiger partial charge in [0.05, 0.1) is 18.7 Å². The molecular weight excluding hydrogens is 290 g/mol. The molecule has 1 atom stereocenters. The Morgan fingerprint density at radius 2 is 1.83 bits per heavy atom. The van der Waals surface area contributed by atoms with E-state index in [9.17, 15) is 9.90 Å². The van der Waals surface area contributed by atoms with Crippen LogP contribution in [0.2, 0.25) is 0 Å². The van der Waals surface area contributed by atoms with Crippen LogP contribution < -0.4 is 0 Å². The van der Waals surface area contributed by atoms with Gasteiger partial charge in [-0.25, -0.2) is 0 Å². The average molecular weight is 317 g/mol. The molecule has 2 aliphatic heterocycles. The van der Waals surface area contributed by atoms with Crippen molar-refractivity contribution in [1.29, 1.82) is 0 Å². The number of benzene rings is 1. The van der Waals surface area contributed by atoms with E-state index < -0.39 is 0 Å². The molecule has 23 heavy (non-hydrogen) atoms. The molecule has 0 radical (unpaired) electrons. The first kappa shape index (κ1) is 16.4. The van der Waals surface area contributed by atoms with E-state index in [1.54, 1.807) is 0 Å². The third-order valence-corrected chi connectivity index (χ3v) is 5.00. The number of nitrogens with zero attached hydrogens (tertiary/aromatic N) is 3. The third kappa shape index (κ3) is 4.10. The second-order valence-corrected chi connectivity index (χ2v) is 6.78. The van der Waals surface area contributed by atoms with Crippen LogP contribution in [-0.2, 0) is 4.79 Å². The van der Waals surface area contributed by atoms with Crippen molar-refractivity contribution in [2.75, 3.05) is 46.3 Å². The number of carbonyl (C=O) groups excluding carboxylic acids is 1. The van der Waals surface area contributed by atoms with Crippen molar-refractivity contribution in [2.45, 2.75) is 25.0 Å². The normalized spacial score (nSPS) is 24.8. The molecule has 2 aliphatic rings. The zero-order valence-corrected chi connectivity index (χ0v) is 13.9. The van der Waals surface area contributed by atoms with Crippen molar-refractivity contribution in [3.05, 3.63) is 35.9 Å². The van der Waals surface area contributed by atoms with E-state index in [1.165, 1.54) is 5.56 Å². The molecule has 5 nitrogen and oxygen atoms in total. The van der Waals surface area contributed by atoms with E-state index in [4.69, 9.17) is 0 Å². The molecule has 0 spiro atoms. The van der Waals surface area contributed by atoms with Crippen molar-refractivity contribution in [3.8, 4) is 0 Å². The Labute approximate surface area is 138 Å². The quantitative estimate of drug-likeness (QED) is 0.902. The number of hydrogen-bond acceptors (Lipinski definition) is 4. The Morgan fingerprint density at radius 3 is 2.52 bits per heavy atom. The van der Waals surface area contributed by atoms with Gasteiger partial charge in [0, 0.05) is 32.7 Å². The van der Waals surface area contributed by atoms with Crippen molar-refractivity contribution >= 4 is 5.91 Å². The summed E-state index contributed by atoms with van der Waals surface area (Å²) in [5.41, 5.74) is 1.21. The molecule has 0 aliphatic carbocycles. The van der Waals surface area contributed by atoms with Gasteiger partial charge in [0.25, 0.3) is 0 Å². The van der Waals surface area contributed by atoms with Crippen molar-refractivity contribution in [3.63, 3.8) is 0 Å². The molecule has 1 N–H and O–H groups in total. The Bertz CT molecular complexity index is 514. The SMILES string of the molecule is CN1CCN(C(=O)CN2CCC(O)CC2)[C@@H](c2ccccc2)C1. The molecule has 1 aromatic rings. The lowest BCUT2D eigenvalue weighted by molar-refractivity contribution is -0.138. The highest BCUT2D eigenvalue weighted by atomic mass is 16.3. The summed E-state index contributed by atoms with van der Waals surface area (Å²) in [5, 5.41) is 9.60. The van der Waals surface area contributed by atoms with E-state index in [0.29, 0.717) is 6.54 Å². The summed E-state index contributed by atoms with van der Waals surface area (Å²) in [7, 11) is 2.11. The van der Waals surface area contributed by atoms with Crippen LogP contribution in [0, 0.1) is 0 Å². The molecule has 0 unspecified atom stereocenters. The van der Waals surface area contributed by atoms with Gasteiger partial charge in [-0.15, -0.1) is 0 Å². The highest BCUT2D eigenvalue weighted by molar-refractivity contribution is 5.79. The Morgan fingerprint density at radius 1 is 1.13 bits per heavy atom. The van der Waals surface area contributed by atoms with E-state index in [2.05, 4.69) is 29.0 Å². The summed E-state index contributed by atoms with van der Waals surface area (Å²) in [5.74, 6) is 0.211. The fourth-order valence-corrected chi connectivity index (χ4v) is 3.54. The van der Waals surface area contributed by atoms with Crippen LogP contribution in [0.15, 0.2) is 30.3 Å². The first-order valence-corrected chi connectivity index (χ1v) is 8.57. The van der Waals surface area contributed by atoms with Gasteiger partial charge in [0.1, 0.15) is 0 Å². The smallest absolute Gasteiger partial charge is 0.237 e. The number of likely N-dealkylation sites (N-methyl/N-ethyl adjacent to an activating group) is 1. The van der Waals surface area contributed by atoms with Gasteiger partial charge in [-0.3, -0.25) is 9.69 Å². The highest BCUT2D eigenvalue weighted by Crippen LogP contribution is 2.25. The fourth-order valence-electron chi connectivity index (χ4n) is 3.54. The number of likely N-dealkylation sites (tertiary alicyclic amines) is 1. The summed E-state index contributed by atoms with van der Waals surface area (Å²) in [6.07, 6.45) is 1.36. The lowest BCUT2D eigenvalue weighted by atomic mass is 10.0. The van der Waals surface area contributed by atoms with E-state index in [-0.39, 0.29) is 18.1 Å². The summed E-state index contributed by atoms with van der Waals surface area (Å²) < 4.78 is 0. The fraction of sp³-hybridized carbons (Fsp3) is 0.611. The van der Waals surface area contributed by atoms with Crippen molar-refractivity contribution in [1.82, 2.24) is 14.7 Å². The van der Waals surface area contributed by atoms with Crippen molar-refractivity contribution < 1.29 is 9.90 Å². The minimum absolute atomic E-state index is 0.137. The Kier molecular flexibility index (Phi) is 5.30. The van der Waals surface area contributed by atoms with Gasteiger partial charge in [-0.1, -0.05) is 30.3 Å². The van der Waals surface area contributed by atoms with Crippen LogP contribution in [0.5, 0.6) is 0 Å². The Hall–Kier alpha value is -1.43. The molecule has 5 heteroatoms. The van der Waals surface area contributed by atoms with E-state index in [1.807, 2.05) is 23.1 Å². The lowest BCUT2D eigenvalue weighted by Gasteiger charge is -2.41. The summed E-state index contributed by atoms with van der Waals surface area (Å²) in [6, 6.07) is 10.5. The predicted octanol–water partition coefficient (Wildman–Crippen LogP) is 0.958. The molecule has 1 amide bonds. The number of amides is 1. The van der Waals surface area contributed by atoms with Crippen LogP contribution in [0.4, 0.5) is 0 Å². The van der Waals surface area contributed by atoms with Gasteiger partial charge in [0.2, 0.25) is 5.91 Å². The van der Waals surface area contributed by atoms with Gasteiger partial charge in [0.15, 0.2) is 0 Å². The molecule has 2 saturated heterocycles. The first-order chi connectivity index (χ1) is 11.1. The molecule has 3 rings (SSSR count). The van der Waals surface area contributed by atoms with E-state index in [0.717, 1.165) is 45.6 Å². The van der Waals surface area contributed by atoms with Crippen LogP contribution in [0.1, 0.15) is 24.4 Å². The molecule has 126 valence electrons. The molecule has 0 saturated carbocycles. The van der Waals surface area contributed by atoms with Crippen LogP contribution in [0.3, 0.4) is 0 Å².